The van der Waals surface area contributed by atoms with E-state index in [0.29, 0.717) is 17.9 Å². The molecule has 0 radical (unpaired) electrons. The highest BCUT2D eigenvalue weighted by atomic mass is 32.1. The number of hydrogen-bond donors (Lipinski definition) is 2. The first-order valence-electron chi connectivity index (χ1n) is 9.15. The van der Waals surface area contributed by atoms with Gasteiger partial charge in [0.1, 0.15) is 5.75 Å². The van der Waals surface area contributed by atoms with Gasteiger partial charge in [-0.05, 0) is 54.9 Å². The van der Waals surface area contributed by atoms with Gasteiger partial charge in [0.25, 0.3) is 5.91 Å². The number of carbonyl (C=O) groups is 1. The van der Waals surface area contributed by atoms with Crippen molar-refractivity contribution in [2.24, 2.45) is 0 Å². The Labute approximate surface area is 170 Å². The first kappa shape index (κ1) is 19.6. The zero-order valence-electron chi connectivity index (χ0n) is 15.4. The third-order valence-corrected chi connectivity index (χ3v) is 4.31. The molecule has 0 atom stereocenters. The van der Waals surface area contributed by atoms with Crippen molar-refractivity contribution < 1.29 is 9.53 Å². The second-order valence-corrected chi connectivity index (χ2v) is 6.62. The van der Waals surface area contributed by atoms with Crippen LogP contribution in [0.2, 0.25) is 0 Å². The highest BCUT2D eigenvalue weighted by Gasteiger charge is 2.09. The van der Waals surface area contributed by atoms with Crippen molar-refractivity contribution in [1.82, 2.24) is 5.32 Å². The summed E-state index contributed by atoms with van der Waals surface area (Å²) in [5, 5.41) is 5.96. The number of benzene rings is 3. The van der Waals surface area contributed by atoms with E-state index >= 15 is 0 Å². The quantitative estimate of drug-likeness (QED) is 0.448. The molecule has 0 aliphatic carbocycles. The van der Waals surface area contributed by atoms with Gasteiger partial charge in [-0.15, -0.1) is 0 Å². The summed E-state index contributed by atoms with van der Waals surface area (Å²) < 4.78 is 5.91. The van der Waals surface area contributed by atoms with Crippen molar-refractivity contribution in [2.75, 3.05) is 11.9 Å². The molecule has 5 heteroatoms. The van der Waals surface area contributed by atoms with Crippen LogP contribution in [0.3, 0.4) is 0 Å². The van der Waals surface area contributed by atoms with E-state index in [-0.39, 0.29) is 11.0 Å². The third-order valence-electron chi connectivity index (χ3n) is 4.11. The van der Waals surface area contributed by atoms with Crippen molar-refractivity contribution in [1.29, 1.82) is 0 Å². The van der Waals surface area contributed by atoms with Crippen LogP contribution in [0.4, 0.5) is 5.69 Å². The smallest absolute Gasteiger partial charge is 0.257 e. The normalized spacial score (nSPS) is 10.1. The number of rotatable bonds is 7. The summed E-state index contributed by atoms with van der Waals surface area (Å²) in [5.41, 5.74) is 2.57. The molecule has 2 N–H and O–H groups in total. The SMILES string of the molecule is O=C(NC(=S)Nc1ccccc1OCCCc1ccccc1)c1ccccc1. The number of thiocarbonyl (C=S) groups is 1. The summed E-state index contributed by atoms with van der Waals surface area (Å²) in [4.78, 5) is 12.2. The third kappa shape index (κ3) is 5.93. The van der Waals surface area contributed by atoms with Crippen molar-refractivity contribution in [3.63, 3.8) is 0 Å². The van der Waals surface area contributed by atoms with E-state index in [0.717, 1.165) is 18.5 Å². The average molecular weight is 391 g/mol. The number of ether oxygens (including phenoxy) is 1. The van der Waals surface area contributed by atoms with Gasteiger partial charge in [0.15, 0.2) is 5.11 Å². The minimum Gasteiger partial charge on any atom is -0.491 e. The molecule has 0 aliphatic rings. The highest BCUT2D eigenvalue weighted by Crippen LogP contribution is 2.24. The molecule has 0 unspecified atom stereocenters. The van der Waals surface area contributed by atoms with Gasteiger partial charge in [0.2, 0.25) is 0 Å². The molecular weight excluding hydrogens is 368 g/mol. The van der Waals surface area contributed by atoms with Gasteiger partial charge in [0, 0.05) is 5.56 Å². The molecule has 0 fully saturated rings. The van der Waals surface area contributed by atoms with Crippen LogP contribution in [-0.2, 0) is 6.42 Å². The summed E-state index contributed by atoms with van der Waals surface area (Å²) in [6.07, 6.45) is 1.87. The molecule has 142 valence electrons. The Bertz CT molecular complexity index is 914. The number of hydrogen-bond acceptors (Lipinski definition) is 3. The molecule has 3 aromatic rings. The number of nitrogens with one attached hydrogen (secondary N) is 2. The number of aryl methyl sites for hydroxylation is 1. The van der Waals surface area contributed by atoms with E-state index in [1.165, 1.54) is 5.56 Å². The second-order valence-electron chi connectivity index (χ2n) is 6.21. The zero-order chi connectivity index (χ0) is 19.6. The number of amides is 1. The van der Waals surface area contributed by atoms with Crippen LogP contribution in [0, 0.1) is 0 Å². The van der Waals surface area contributed by atoms with Crippen molar-refractivity contribution in [2.45, 2.75) is 12.8 Å². The predicted molar refractivity (Wildman–Crippen MR) is 117 cm³/mol. The van der Waals surface area contributed by atoms with E-state index < -0.39 is 0 Å². The lowest BCUT2D eigenvalue weighted by Gasteiger charge is -2.14. The number of anilines is 1. The van der Waals surface area contributed by atoms with Gasteiger partial charge in [-0.2, -0.15) is 0 Å². The predicted octanol–water partition coefficient (Wildman–Crippen LogP) is 4.83. The van der Waals surface area contributed by atoms with E-state index in [2.05, 4.69) is 22.8 Å². The van der Waals surface area contributed by atoms with E-state index in [1.807, 2.05) is 60.7 Å². The Morgan fingerprint density at radius 2 is 1.50 bits per heavy atom. The molecule has 0 saturated carbocycles. The van der Waals surface area contributed by atoms with E-state index in [9.17, 15) is 4.79 Å². The summed E-state index contributed by atoms with van der Waals surface area (Å²) in [5.74, 6) is 0.450. The Morgan fingerprint density at radius 3 is 2.25 bits per heavy atom. The standard InChI is InChI=1S/C23H22N2O2S/c26-22(19-13-5-2-6-14-19)25-23(28)24-20-15-7-8-16-21(20)27-17-9-12-18-10-3-1-4-11-18/h1-8,10-11,13-16H,9,12,17H2,(H2,24,25,26,28). The Kier molecular flexibility index (Phi) is 7.15. The largest absolute Gasteiger partial charge is 0.491 e. The van der Waals surface area contributed by atoms with Gasteiger partial charge in [-0.25, -0.2) is 0 Å². The molecule has 0 heterocycles. The van der Waals surface area contributed by atoms with E-state index in [4.69, 9.17) is 17.0 Å². The van der Waals surface area contributed by atoms with Crippen LogP contribution in [0.5, 0.6) is 5.75 Å². The van der Waals surface area contributed by atoms with Gasteiger partial charge in [-0.1, -0.05) is 60.7 Å². The molecule has 0 aliphatic heterocycles. The molecule has 1 amide bonds. The van der Waals surface area contributed by atoms with Gasteiger partial charge in [-0.3, -0.25) is 10.1 Å². The fourth-order valence-corrected chi connectivity index (χ4v) is 2.92. The molecule has 0 spiro atoms. The van der Waals surface area contributed by atoms with Crippen LogP contribution in [0.25, 0.3) is 0 Å². The van der Waals surface area contributed by atoms with Gasteiger partial charge in [0.05, 0.1) is 12.3 Å². The fourth-order valence-electron chi connectivity index (χ4n) is 2.72. The number of para-hydroxylation sites is 2. The zero-order valence-corrected chi connectivity index (χ0v) is 16.2. The van der Waals surface area contributed by atoms with Gasteiger partial charge >= 0.3 is 0 Å². The maximum Gasteiger partial charge on any atom is 0.257 e. The summed E-state index contributed by atoms with van der Waals surface area (Å²) >= 11 is 5.27. The molecule has 0 aromatic heterocycles. The Hall–Kier alpha value is -3.18. The van der Waals surface area contributed by atoms with Crippen LogP contribution >= 0.6 is 12.2 Å². The topological polar surface area (TPSA) is 50.4 Å². The maximum absolute atomic E-state index is 12.2. The lowest BCUT2D eigenvalue weighted by atomic mass is 10.1. The second kappa shape index (κ2) is 10.2. The fraction of sp³-hybridized carbons (Fsp3) is 0.130. The van der Waals surface area contributed by atoms with Crippen molar-refractivity contribution in [3.05, 3.63) is 96.1 Å². The molecule has 0 bridgehead atoms. The van der Waals surface area contributed by atoms with Crippen LogP contribution in [0.15, 0.2) is 84.9 Å². The van der Waals surface area contributed by atoms with Crippen LogP contribution in [-0.4, -0.2) is 17.6 Å². The molecule has 28 heavy (non-hydrogen) atoms. The molecule has 4 nitrogen and oxygen atoms in total. The Balaban J connectivity index is 1.51. The Morgan fingerprint density at radius 1 is 0.857 bits per heavy atom. The summed E-state index contributed by atoms with van der Waals surface area (Å²) in [6, 6.07) is 26.8. The van der Waals surface area contributed by atoms with E-state index in [1.54, 1.807) is 12.1 Å². The van der Waals surface area contributed by atoms with Gasteiger partial charge < -0.3 is 10.1 Å². The van der Waals surface area contributed by atoms with Crippen LogP contribution in [0.1, 0.15) is 22.3 Å². The minimum atomic E-state index is -0.251. The average Bonchev–Trinajstić information content (AvgIpc) is 2.73. The first-order chi connectivity index (χ1) is 13.7. The van der Waals surface area contributed by atoms with Crippen LogP contribution < -0.4 is 15.4 Å². The van der Waals surface area contributed by atoms with Crippen molar-refractivity contribution in [3.8, 4) is 5.75 Å². The first-order valence-corrected chi connectivity index (χ1v) is 9.56. The minimum absolute atomic E-state index is 0.231. The molecule has 3 rings (SSSR count). The molecule has 3 aromatic carbocycles. The summed E-state index contributed by atoms with van der Waals surface area (Å²) in [7, 11) is 0. The lowest BCUT2D eigenvalue weighted by molar-refractivity contribution is 0.0977. The number of carbonyl (C=O) groups excluding carboxylic acids is 1. The summed E-state index contributed by atoms with van der Waals surface area (Å²) in [6.45, 7) is 0.594. The highest BCUT2D eigenvalue weighted by molar-refractivity contribution is 7.80. The molecular formula is C23H22N2O2S. The maximum atomic E-state index is 12.2. The molecule has 0 saturated heterocycles. The van der Waals surface area contributed by atoms with Crippen molar-refractivity contribution >= 4 is 28.9 Å². The lowest BCUT2D eigenvalue weighted by Crippen LogP contribution is -2.34. The monoisotopic (exact) mass is 390 g/mol.